The molecule has 3 nitrogen and oxygen atoms in total. The number of nitrogens with zero attached hydrogens (tertiary/aromatic N) is 3. The Bertz CT molecular complexity index is 1410. The van der Waals surface area contributed by atoms with E-state index < -0.39 is 0 Å². The highest BCUT2D eigenvalue weighted by Crippen LogP contribution is 2.45. The summed E-state index contributed by atoms with van der Waals surface area (Å²) >= 11 is 7.76. The Labute approximate surface area is 210 Å². The highest BCUT2D eigenvalue weighted by molar-refractivity contribution is 7.16. The van der Waals surface area contributed by atoms with Gasteiger partial charge in [0, 0.05) is 45.3 Å². The number of hydrogen-bond donors (Lipinski definition) is 0. The van der Waals surface area contributed by atoms with Gasteiger partial charge in [-0.15, -0.1) is 11.3 Å². The molecule has 172 valence electrons. The molecule has 1 atom stereocenters. The molecule has 0 saturated heterocycles. The molecule has 2 heterocycles. The van der Waals surface area contributed by atoms with E-state index in [0.717, 1.165) is 57.9 Å². The molecule has 1 aliphatic carbocycles. The lowest BCUT2D eigenvalue weighted by molar-refractivity contribution is 0.218. The van der Waals surface area contributed by atoms with Crippen molar-refractivity contribution in [2.24, 2.45) is 16.3 Å². The number of hydrogen-bond acceptors (Lipinski definition) is 3. The van der Waals surface area contributed by atoms with E-state index in [1.165, 1.54) is 16.0 Å². The van der Waals surface area contributed by atoms with Gasteiger partial charge in [-0.3, -0.25) is 0 Å². The Hall–Kier alpha value is -2.87. The number of thiophene rings is 1. The van der Waals surface area contributed by atoms with Crippen LogP contribution in [0.1, 0.15) is 54.3 Å². The molecule has 2 aromatic carbocycles. The monoisotopic (exact) mass is 485 g/mol. The Balaban J connectivity index is 1.48. The maximum Gasteiger partial charge on any atom is 0.134 e. The van der Waals surface area contributed by atoms with E-state index in [1.54, 1.807) is 11.3 Å². The van der Waals surface area contributed by atoms with Gasteiger partial charge in [-0.05, 0) is 59.9 Å². The summed E-state index contributed by atoms with van der Waals surface area (Å²) in [5.74, 6) is 0.646. The molecule has 0 unspecified atom stereocenters. The SMILES string of the molecule is CC(C)(C)[C@@H]1CCc2c(sc(N=Cc3cn(Cc4ccc(Cl)cc4)c4ccccc34)c2C#N)C1. The summed E-state index contributed by atoms with van der Waals surface area (Å²) in [6, 6.07) is 18.8. The van der Waals surface area contributed by atoms with Crippen molar-refractivity contribution in [3.8, 4) is 6.07 Å². The average Bonchev–Trinajstić information content (AvgIpc) is 3.35. The normalized spacial score (nSPS) is 16.1. The van der Waals surface area contributed by atoms with Crippen molar-refractivity contribution in [2.75, 3.05) is 0 Å². The lowest BCUT2D eigenvalue weighted by Crippen LogP contribution is -2.26. The zero-order valence-corrected chi connectivity index (χ0v) is 21.4. The van der Waals surface area contributed by atoms with Gasteiger partial charge in [-0.2, -0.15) is 5.26 Å². The standard InChI is InChI=1S/C29H28ClN3S/c1-29(2,3)21-10-13-24-25(15-31)28(34-27(24)14-21)32-16-20-18-33(26-7-5-4-6-23(20)26)17-19-8-11-22(30)12-9-19/h4-9,11-12,16,18,21H,10,13-14,17H2,1-3H3/t21-/m1/s1. The van der Waals surface area contributed by atoms with Crippen molar-refractivity contribution in [3.63, 3.8) is 0 Å². The number of nitriles is 1. The molecule has 0 fully saturated rings. The van der Waals surface area contributed by atoms with E-state index in [2.05, 4.69) is 74.0 Å². The Morgan fingerprint density at radius 3 is 2.68 bits per heavy atom. The summed E-state index contributed by atoms with van der Waals surface area (Å²) in [6.07, 6.45) is 7.25. The summed E-state index contributed by atoms with van der Waals surface area (Å²) in [5.41, 5.74) is 5.70. The highest BCUT2D eigenvalue weighted by Gasteiger charge is 2.32. The first-order valence-electron chi connectivity index (χ1n) is 11.7. The molecule has 0 amide bonds. The molecule has 5 rings (SSSR count). The van der Waals surface area contributed by atoms with Crippen molar-refractivity contribution in [1.29, 1.82) is 5.26 Å². The van der Waals surface area contributed by atoms with Crippen LogP contribution < -0.4 is 0 Å². The van der Waals surface area contributed by atoms with Crippen molar-refractivity contribution >= 4 is 45.1 Å². The molecule has 5 heteroatoms. The number of aromatic nitrogens is 1. The number of para-hydroxylation sites is 1. The van der Waals surface area contributed by atoms with E-state index in [-0.39, 0.29) is 5.41 Å². The van der Waals surface area contributed by atoms with E-state index in [1.807, 2.05) is 18.3 Å². The van der Waals surface area contributed by atoms with Crippen LogP contribution >= 0.6 is 22.9 Å². The third kappa shape index (κ3) is 4.43. The number of aliphatic imine (C=N–C) groups is 1. The summed E-state index contributed by atoms with van der Waals surface area (Å²) in [5, 5.41) is 12.7. The minimum Gasteiger partial charge on any atom is -0.342 e. The van der Waals surface area contributed by atoms with Gasteiger partial charge in [0.1, 0.15) is 11.1 Å². The highest BCUT2D eigenvalue weighted by atomic mass is 35.5. The first-order chi connectivity index (χ1) is 16.3. The van der Waals surface area contributed by atoms with Crippen molar-refractivity contribution < 1.29 is 0 Å². The second-order valence-corrected chi connectivity index (χ2v) is 11.7. The van der Waals surface area contributed by atoms with Crippen LogP contribution in [0, 0.1) is 22.7 Å². The van der Waals surface area contributed by atoms with Gasteiger partial charge in [0.2, 0.25) is 0 Å². The van der Waals surface area contributed by atoms with Crippen molar-refractivity contribution in [3.05, 3.63) is 86.9 Å². The molecule has 2 aromatic heterocycles. The predicted octanol–water partition coefficient (Wildman–Crippen LogP) is 8.18. The van der Waals surface area contributed by atoms with Crippen LogP contribution in [0.2, 0.25) is 5.02 Å². The average molecular weight is 486 g/mol. The second-order valence-electron chi connectivity index (χ2n) is 10.2. The molecule has 0 spiro atoms. The Kier molecular flexibility index (Phi) is 6.10. The molecule has 0 saturated carbocycles. The summed E-state index contributed by atoms with van der Waals surface area (Å²) in [6.45, 7) is 7.72. The minimum atomic E-state index is 0.282. The maximum absolute atomic E-state index is 9.92. The first-order valence-corrected chi connectivity index (χ1v) is 12.9. The van der Waals surface area contributed by atoms with Crippen molar-refractivity contribution in [2.45, 2.75) is 46.6 Å². The lowest BCUT2D eigenvalue weighted by Gasteiger charge is -2.33. The molecule has 0 aliphatic heterocycles. The van der Waals surface area contributed by atoms with Crippen LogP contribution in [-0.4, -0.2) is 10.8 Å². The lowest BCUT2D eigenvalue weighted by atomic mass is 9.72. The molecule has 0 radical (unpaired) electrons. The molecule has 0 N–H and O–H groups in total. The quantitative estimate of drug-likeness (QED) is 0.268. The predicted molar refractivity (Wildman–Crippen MR) is 144 cm³/mol. The van der Waals surface area contributed by atoms with Gasteiger partial charge in [0.25, 0.3) is 0 Å². The number of fused-ring (bicyclic) bond motifs is 2. The van der Waals surface area contributed by atoms with Gasteiger partial charge < -0.3 is 4.57 Å². The fourth-order valence-electron chi connectivity index (χ4n) is 4.94. The zero-order chi connectivity index (χ0) is 23.9. The maximum atomic E-state index is 9.92. The number of rotatable bonds is 4. The van der Waals surface area contributed by atoms with E-state index in [0.29, 0.717) is 5.92 Å². The summed E-state index contributed by atoms with van der Waals surface area (Å²) < 4.78 is 2.25. The molecule has 34 heavy (non-hydrogen) atoms. The molecule has 0 bridgehead atoms. The van der Waals surface area contributed by atoms with Crippen molar-refractivity contribution in [1.82, 2.24) is 4.57 Å². The largest absolute Gasteiger partial charge is 0.342 e. The molecular formula is C29H28ClN3S. The van der Waals surface area contributed by atoms with Gasteiger partial charge in [0.15, 0.2) is 0 Å². The van der Waals surface area contributed by atoms with Crippen LogP contribution in [0.25, 0.3) is 10.9 Å². The van der Waals surface area contributed by atoms with E-state index >= 15 is 0 Å². The van der Waals surface area contributed by atoms with E-state index in [4.69, 9.17) is 16.6 Å². The van der Waals surface area contributed by atoms with Gasteiger partial charge in [-0.1, -0.05) is 62.7 Å². The third-order valence-electron chi connectivity index (χ3n) is 6.99. The molecule has 4 aromatic rings. The van der Waals surface area contributed by atoms with Gasteiger partial charge >= 0.3 is 0 Å². The second kappa shape index (κ2) is 9.06. The summed E-state index contributed by atoms with van der Waals surface area (Å²) in [7, 11) is 0. The molecule has 1 aliphatic rings. The number of halogens is 1. The van der Waals surface area contributed by atoms with Gasteiger partial charge in [0.05, 0.1) is 5.56 Å². The molecular weight excluding hydrogens is 458 g/mol. The Morgan fingerprint density at radius 1 is 1.18 bits per heavy atom. The van der Waals surface area contributed by atoms with Crippen LogP contribution in [0.4, 0.5) is 5.00 Å². The van der Waals surface area contributed by atoms with E-state index in [9.17, 15) is 5.26 Å². The fraction of sp³-hybridized carbons (Fsp3) is 0.310. The van der Waals surface area contributed by atoms with Crippen LogP contribution in [0.15, 0.2) is 59.7 Å². The van der Waals surface area contributed by atoms with Crippen LogP contribution in [0.5, 0.6) is 0 Å². The van der Waals surface area contributed by atoms with Gasteiger partial charge in [-0.25, -0.2) is 4.99 Å². The number of benzene rings is 2. The summed E-state index contributed by atoms with van der Waals surface area (Å²) in [4.78, 5) is 6.21. The topological polar surface area (TPSA) is 41.1 Å². The smallest absolute Gasteiger partial charge is 0.134 e. The Morgan fingerprint density at radius 2 is 1.94 bits per heavy atom. The first kappa shape index (κ1) is 22.9. The van der Waals surface area contributed by atoms with Crippen LogP contribution in [-0.2, 0) is 19.4 Å². The zero-order valence-electron chi connectivity index (χ0n) is 19.8. The minimum absolute atomic E-state index is 0.282. The van der Waals surface area contributed by atoms with Crippen LogP contribution in [0.3, 0.4) is 0 Å². The fourth-order valence-corrected chi connectivity index (χ4v) is 6.29. The third-order valence-corrected chi connectivity index (χ3v) is 8.40.